The van der Waals surface area contributed by atoms with Crippen LogP contribution in [0.1, 0.15) is 25.1 Å². The molecular weight excluding hydrogens is 533 g/mol. The molecule has 28 heavy (non-hydrogen) atoms. The van der Waals surface area contributed by atoms with E-state index >= 15 is 0 Å². The molecule has 154 valence electrons. The molecule has 1 aliphatic rings. The van der Waals surface area contributed by atoms with Crippen molar-refractivity contribution in [1.82, 2.24) is 20.3 Å². The highest BCUT2D eigenvalue weighted by Gasteiger charge is 2.24. The molecule has 0 aliphatic carbocycles. The summed E-state index contributed by atoms with van der Waals surface area (Å²) in [7, 11) is 1.86. The van der Waals surface area contributed by atoms with Crippen LogP contribution in [0.2, 0.25) is 0 Å². The van der Waals surface area contributed by atoms with Crippen molar-refractivity contribution in [2.45, 2.75) is 25.8 Å². The number of halogens is 2. The van der Waals surface area contributed by atoms with Crippen LogP contribution in [0, 0.1) is 0 Å². The summed E-state index contributed by atoms with van der Waals surface area (Å²) in [6, 6.07) is 10.5. The van der Waals surface area contributed by atoms with Gasteiger partial charge < -0.3 is 14.7 Å². The maximum absolute atomic E-state index is 4.92. The van der Waals surface area contributed by atoms with Crippen LogP contribution in [0.25, 0.3) is 0 Å². The highest BCUT2D eigenvalue weighted by molar-refractivity contribution is 14.0. The van der Waals surface area contributed by atoms with E-state index in [1.54, 1.807) is 6.26 Å². The maximum atomic E-state index is 4.92. The third-order valence-electron chi connectivity index (χ3n) is 5.07. The molecule has 6 nitrogen and oxygen atoms in total. The Balaban J connectivity index is 0.00000280. The van der Waals surface area contributed by atoms with Crippen molar-refractivity contribution < 1.29 is 4.52 Å². The first kappa shape index (κ1) is 23.2. The van der Waals surface area contributed by atoms with Gasteiger partial charge in [-0.2, -0.15) is 0 Å². The zero-order valence-corrected chi connectivity index (χ0v) is 20.6. The second kappa shape index (κ2) is 10.6. The zero-order chi connectivity index (χ0) is 19.3. The molecule has 0 spiro atoms. The van der Waals surface area contributed by atoms with Gasteiger partial charge in [0, 0.05) is 62.3 Å². The minimum Gasteiger partial charge on any atom is -0.364 e. The van der Waals surface area contributed by atoms with E-state index in [-0.39, 0.29) is 29.4 Å². The molecule has 1 saturated heterocycles. The fraction of sp³-hybridized carbons (Fsp3) is 0.500. The monoisotopic (exact) mass is 561 g/mol. The molecular formula is C20H29BrIN5O. The Labute approximate surface area is 192 Å². The van der Waals surface area contributed by atoms with E-state index in [1.807, 2.05) is 13.1 Å². The Hall–Kier alpha value is -1.13. The van der Waals surface area contributed by atoms with Crippen LogP contribution in [0.3, 0.4) is 0 Å². The van der Waals surface area contributed by atoms with Crippen LogP contribution in [0.4, 0.5) is 0 Å². The van der Waals surface area contributed by atoms with Crippen molar-refractivity contribution in [3.05, 3.63) is 52.3 Å². The lowest BCUT2D eigenvalue weighted by molar-refractivity contribution is 0.168. The predicted molar refractivity (Wildman–Crippen MR) is 127 cm³/mol. The summed E-state index contributed by atoms with van der Waals surface area (Å²) in [5, 5.41) is 7.57. The number of piperazine rings is 1. The number of aliphatic imine (C=N–C) groups is 1. The van der Waals surface area contributed by atoms with E-state index in [0.29, 0.717) is 0 Å². The van der Waals surface area contributed by atoms with Gasteiger partial charge in [-0.25, -0.2) is 0 Å². The number of hydrogen-bond acceptors (Lipinski definition) is 4. The number of aromatic nitrogens is 1. The van der Waals surface area contributed by atoms with Gasteiger partial charge in [-0.3, -0.25) is 9.89 Å². The van der Waals surface area contributed by atoms with E-state index < -0.39 is 0 Å². The standard InChI is InChI=1S/C20H28BrN5O.HI/c1-20(2,16-4-6-17(21)7-5-16)15-23-19(22-3)26-11-9-25(10-12-26)14-18-8-13-27-24-18;/h4-8,13H,9-12,14-15H2,1-3H3,(H,22,23);1H. The molecule has 1 fully saturated rings. The lowest BCUT2D eigenvalue weighted by atomic mass is 9.85. The van der Waals surface area contributed by atoms with Crippen LogP contribution in [-0.4, -0.2) is 60.7 Å². The van der Waals surface area contributed by atoms with Gasteiger partial charge >= 0.3 is 0 Å². The quantitative estimate of drug-likeness (QED) is 0.342. The van der Waals surface area contributed by atoms with Crippen LogP contribution < -0.4 is 5.32 Å². The van der Waals surface area contributed by atoms with Gasteiger partial charge in [0.25, 0.3) is 0 Å². The molecule has 1 aromatic carbocycles. The van der Waals surface area contributed by atoms with Crippen molar-refractivity contribution in [3.63, 3.8) is 0 Å². The Morgan fingerprint density at radius 2 is 1.86 bits per heavy atom. The highest BCUT2D eigenvalue weighted by Crippen LogP contribution is 2.24. The largest absolute Gasteiger partial charge is 0.364 e. The summed E-state index contributed by atoms with van der Waals surface area (Å²) < 4.78 is 6.03. The number of guanidine groups is 1. The molecule has 0 unspecified atom stereocenters. The topological polar surface area (TPSA) is 56.9 Å². The molecule has 0 amide bonds. The molecule has 0 atom stereocenters. The number of hydrogen-bond donors (Lipinski definition) is 1. The number of nitrogens with one attached hydrogen (secondary N) is 1. The average Bonchev–Trinajstić information content (AvgIpc) is 3.17. The van der Waals surface area contributed by atoms with Crippen LogP contribution >= 0.6 is 39.9 Å². The van der Waals surface area contributed by atoms with Crippen molar-refractivity contribution >= 4 is 45.9 Å². The van der Waals surface area contributed by atoms with Gasteiger partial charge in [0.2, 0.25) is 0 Å². The van der Waals surface area contributed by atoms with E-state index in [2.05, 4.69) is 79.3 Å². The van der Waals surface area contributed by atoms with Crippen LogP contribution in [0.5, 0.6) is 0 Å². The van der Waals surface area contributed by atoms with Gasteiger partial charge in [0.1, 0.15) is 6.26 Å². The summed E-state index contributed by atoms with van der Waals surface area (Å²) in [5.74, 6) is 0.973. The maximum Gasteiger partial charge on any atom is 0.193 e. The minimum absolute atomic E-state index is 0. The Morgan fingerprint density at radius 3 is 2.43 bits per heavy atom. The number of rotatable bonds is 5. The lowest BCUT2D eigenvalue weighted by Crippen LogP contribution is -2.53. The normalized spacial score (nSPS) is 16.0. The first-order chi connectivity index (χ1) is 13.0. The van der Waals surface area contributed by atoms with Gasteiger partial charge in [-0.1, -0.05) is 47.1 Å². The minimum atomic E-state index is 0. The zero-order valence-electron chi connectivity index (χ0n) is 16.7. The third kappa shape index (κ3) is 6.18. The molecule has 0 bridgehead atoms. The third-order valence-corrected chi connectivity index (χ3v) is 5.60. The first-order valence-electron chi connectivity index (χ1n) is 9.31. The molecule has 3 rings (SSSR count). The Morgan fingerprint density at radius 1 is 1.18 bits per heavy atom. The summed E-state index contributed by atoms with van der Waals surface area (Å²) in [5.41, 5.74) is 2.32. The average molecular weight is 562 g/mol. The second-order valence-electron chi connectivity index (χ2n) is 7.55. The van der Waals surface area contributed by atoms with Gasteiger partial charge in [0.05, 0.1) is 5.69 Å². The highest BCUT2D eigenvalue weighted by atomic mass is 127. The smallest absolute Gasteiger partial charge is 0.193 e. The fourth-order valence-corrected chi connectivity index (χ4v) is 3.57. The van der Waals surface area contributed by atoms with E-state index in [9.17, 15) is 0 Å². The lowest BCUT2D eigenvalue weighted by Gasteiger charge is -2.37. The number of nitrogens with zero attached hydrogens (tertiary/aromatic N) is 4. The van der Waals surface area contributed by atoms with E-state index in [4.69, 9.17) is 4.52 Å². The summed E-state index contributed by atoms with van der Waals surface area (Å²) in [6.07, 6.45) is 1.63. The summed E-state index contributed by atoms with van der Waals surface area (Å²) >= 11 is 3.51. The van der Waals surface area contributed by atoms with E-state index in [0.717, 1.165) is 55.4 Å². The van der Waals surface area contributed by atoms with Crippen molar-refractivity contribution in [1.29, 1.82) is 0 Å². The molecule has 0 saturated carbocycles. The summed E-state index contributed by atoms with van der Waals surface area (Å²) in [6.45, 7) is 10.1. The molecule has 2 aromatic rings. The van der Waals surface area contributed by atoms with Gasteiger partial charge in [-0.05, 0) is 17.7 Å². The molecule has 1 aliphatic heterocycles. The van der Waals surface area contributed by atoms with Crippen LogP contribution in [0.15, 0.2) is 50.6 Å². The van der Waals surface area contributed by atoms with E-state index in [1.165, 1.54) is 5.56 Å². The summed E-state index contributed by atoms with van der Waals surface area (Å²) in [4.78, 5) is 9.23. The first-order valence-corrected chi connectivity index (χ1v) is 10.1. The molecule has 1 N–H and O–H groups in total. The fourth-order valence-electron chi connectivity index (χ4n) is 3.30. The Kier molecular flexibility index (Phi) is 8.76. The van der Waals surface area contributed by atoms with Gasteiger partial charge in [0.15, 0.2) is 5.96 Å². The Bertz CT molecular complexity index is 740. The van der Waals surface area contributed by atoms with Crippen molar-refractivity contribution in [2.24, 2.45) is 4.99 Å². The number of benzene rings is 1. The van der Waals surface area contributed by atoms with Crippen molar-refractivity contribution in [3.8, 4) is 0 Å². The molecule has 0 radical (unpaired) electrons. The molecule has 2 heterocycles. The van der Waals surface area contributed by atoms with Gasteiger partial charge in [-0.15, -0.1) is 24.0 Å². The molecule has 8 heteroatoms. The SMILES string of the molecule is CN=C(NCC(C)(C)c1ccc(Br)cc1)N1CCN(Cc2ccon2)CC1.I. The predicted octanol–water partition coefficient (Wildman–Crippen LogP) is 3.73. The second-order valence-corrected chi connectivity index (χ2v) is 8.46. The van der Waals surface area contributed by atoms with Crippen LogP contribution in [-0.2, 0) is 12.0 Å². The molecule has 1 aromatic heterocycles. The van der Waals surface area contributed by atoms with Crippen molar-refractivity contribution in [2.75, 3.05) is 39.8 Å².